The minimum atomic E-state index is -2.36. The molecule has 1 aliphatic heterocycles. The molecule has 0 aliphatic carbocycles. The number of benzene rings is 4. The van der Waals surface area contributed by atoms with Crippen molar-refractivity contribution in [2.24, 2.45) is 6.98 Å². The molecule has 8 rings (SSSR count). The van der Waals surface area contributed by atoms with E-state index < -0.39 is 15.0 Å². The maximum atomic E-state index is 8.15. The molecule has 0 atom stereocenters. The van der Waals surface area contributed by atoms with Gasteiger partial charge in [0.15, 0.2) is 0 Å². The van der Waals surface area contributed by atoms with E-state index in [1.165, 1.54) is 15.3 Å². The van der Waals surface area contributed by atoms with Gasteiger partial charge in [0, 0.05) is 52.4 Å². The van der Waals surface area contributed by atoms with Crippen LogP contribution in [-0.2, 0) is 33.5 Å². The van der Waals surface area contributed by atoms with Crippen molar-refractivity contribution in [2.45, 2.75) is 39.3 Å². The molecule has 0 radical (unpaired) electrons. The maximum absolute atomic E-state index is 8.15. The van der Waals surface area contributed by atoms with Gasteiger partial charge in [0.05, 0.1) is 22.1 Å². The largest absolute Gasteiger partial charge is 0.510 e. The molecule has 0 unspecified atom stereocenters. The number of ether oxygens (including phenoxy) is 1. The maximum Gasteiger partial charge on any atom is 0.242 e. The van der Waals surface area contributed by atoms with E-state index in [4.69, 9.17) is 13.8 Å². The van der Waals surface area contributed by atoms with Gasteiger partial charge in [0.25, 0.3) is 0 Å². The molecule has 0 saturated carbocycles. The van der Waals surface area contributed by atoms with Crippen molar-refractivity contribution in [3.05, 3.63) is 109 Å². The van der Waals surface area contributed by atoms with Gasteiger partial charge in [0.2, 0.25) is 6.33 Å². The first kappa shape index (κ1) is 25.3. The average molecular weight is 775 g/mol. The van der Waals surface area contributed by atoms with Crippen LogP contribution in [0.3, 0.4) is 0 Å². The molecule has 0 bridgehead atoms. The summed E-state index contributed by atoms with van der Waals surface area (Å²) < 4.78 is 36.2. The van der Waals surface area contributed by atoms with Crippen LogP contribution in [0.1, 0.15) is 30.4 Å². The Balaban J connectivity index is 0.00000351. The van der Waals surface area contributed by atoms with Crippen LogP contribution in [-0.4, -0.2) is 22.2 Å². The average Bonchev–Trinajstić information content (AvgIpc) is 3.57. The monoisotopic (exact) mass is 774 g/mol. The first-order chi connectivity index (χ1) is 21.8. The summed E-state index contributed by atoms with van der Waals surface area (Å²) in [7, 11) is -2.18. The van der Waals surface area contributed by atoms with Crippen LogP contribution in [0.2, 0.25) is 13.1 Å². The molecule has 0 spiro atoms. The number of aryl methyl sites for hydroxylation is 1. The second-order valence-electron chi connectivity index (χ2n) is 12.8. The molecule has 44 heavy (non-hydrogen) atoms. The molecule has 3 aromatic heterocycles. The summed E-state index contributed by atoms with van der Waals surface area (Å²) in [5.41, 5.74) is 5.38. The smallest absolute Gasteiger partial charge is 0.242 e. The van der Waals surface area contributed by atoms with Gasteiger partial charge in [-0.15, -0.1) is 29.7 Å². The van der Waals surface area contributed by atoms with Crippen molar-refractivity contribution in [1.82, 2.24) is 14.1 Å². The van der Waals surface area contributed by atoms with Crippen LogP contribution >= 0.6 is 0 Å². The molecule has 0 N–H and O–H groups in total. The van der Waals surface area contributed by atoms with Gasteiger partial charge in [0.1, 0.15) is 5.82 Å². The van der Waals surface area contributed by atoms with Crippen molar-refractivity contribution in [3.63, 3.8) is 0 Å². The first-order valence-corrected chi connectivity index (χ1v) is 17.5. The third-order valence-electron chi connectivity index (χ3n) is 8.76. The molecule has 222 valence electrons. The molecule has 0 amide bonds. The Morgan fingerprint density at radius 1 is 0.886 bits per heavy atom. The Morgan fingerprint density at radius 2 is 1.68 bits per heavy atom. The molecule has 0 fully saturated rings. The van der Waals surface area contributed by atoms with Crippen molar-refractivity contribution in [2.75, 3.05) is 0 Å². The number of rotatable bonds is 3. The molecule has 7 aromatic rings. The summed E-state index contributed by atoms with van der Waals surface area (Å²) in [4.78, 5) is 4.78. The predicted molar refractivity (Wildman–Crippen MR) is 175 cm³/mol. The van der Waals surface area contributed by atoms with Gasteiger partial charge in [-0.25, -0.2) is 4.98 Å². The van der Waals surface area contributed by atoms with E-state index in [9.17, 15) is 0 Å². The summed E-state index contributed by atoms with van der Waals surface area (Å²) in [5, 5.41) is 4.50. The van der Waals surface area contributed by atoms with E-state index in [1.807, 2.05) is 47.2 Å². The number of fused-ring (bicyclic) bond motifs is 5. The second kappa shape index (κ2) is 10.0. The Kier molecular flexibility index (Phi) is 5.77. The molecular weight excluding hydrogens is 740 g/mol. The van der Waals surface area contributed by atoms with Gasteiger partial charge in [-0.05, 0) is 34.6 Å². The minimum absolute atomic E-state index is 0. The van der Waals surface area contributed by atoms with E-state index in [2.05, 4.69) is 99.4 Å². The molecule has 0 saturated heterocycles. The first-order valence-electron chi connectivity index (χ1n) is 16.0. The zero-order valence-electron chi connectivity index (χ0n) is 28.1. The fourth-order valence-corrected chi connectivity index (χ4v) is 9.36. The third-order valence-corrected chi connectivity index (χ3v) is 12.3. The number of para-hydroxylation sites is 2. The Hall–Kier alpha value is -3.99. The normalized spacial score (nSPS) is 15.0. The Labute approximate surface area is 277 Å². The van der Waals surface area contributed by atoms with Gasteiger partial charge < -0.3 is 18.4 Å². The van der Waals surface area contributed by atoms with E-state index in [1.54, 1.807) is 0 Å². The number of nitrogens with zero attached hydrogens (tertiary/aromatic N) is 4. The van der Waals surface area contributed by atoms with Gasteiger partial charge in [-0.1, -0.05) is 86.7 Å². The van der Waals surface area contributed by atoms with Crippen LogP contribution in [0.25, 0.3) is 44.3 Å². The summed E-state index contributed by atoms with van der Waals surface area (Å²) in [5.74, 6) is 1.89. The van der Waals surface area contributed by atoms with Gasteiger partial charge in [-0.3, -0.25) is 0 Å². The van der Waals surface area contributed by atoms with Crippen LogP contribution in [0, 0.1) is 18.5 Å². The van der Waals surface area contributed by atoms with Crippen molar-refractivity contribution >= 4 is 51.3 Å². The van der Waals surface area contributed by atoms with Gasteiger partial charge >= 0.3 is 0 Å². The van der Waals surface area contributed by atoms with Gasteiger partial charge in [-0.2, -0.15) is 17.3 Å². The number of pyridine rings is 1. The number of hydrogen-bond donors (Lipinski definition) is 0. The molecule has 1 aliphatic rings. The van der Waals surface area contributed by atoms with E-state index in [0.29, 0.717) is 17.0 Å². The number of aromatic nitrogens is 4. The van der Waals surface area contributed by atoms with Crippen molar-refractivity contribution in [3.8, 4) is 23.0 Å². The summed E-state index contributed by atoms with van der Waals surface area (Å²) in [6, 6.07) is 33.5. The minimum Gasteiger partial charge on any atom is -0.510 e. The van der Waals surface area contributed by atoms with Crippen molar-refractivity contribution in [1.29, 1.82) is 0 Å². The third kappa shape index (κ3) is 4.22. The van der Waals surface area contributed by atoms with E-state index in [0.717, 1.165) is 44.0 Å². The quantitative estimate of drug-likeness (QED) is 0.116. The molecule has 4 aromatic carbocycles. The van der Waals surface area contributed by atoms with E-state index >= 15 is 0 Å². The van der Waals surface area contributed by atoms with Crippen molar-refractivity contribution < 1.29 is 34.5 Å². The predicted octanol–water partition coefficient (Wildman–Crippen LogP) is 6.57. The SMILES string of the molecule is [2H]C([2H])([2H])[n+]1[c-]n2c3c(cccc31)[Si](C)(C)c1ccc(Oc3[c-]c4c(cc3)c3ccccc3n4-c3cc(C(C)(C)C)ccn3)[c-]c1-2.[Pt]. The van der Waals surface area contributed by atoms with E-state index in [-0.39, 0.29) is 26.5 Å². The van der Waals surface area contributed by atoms with Crippen LogP contribution in [0.15, 0.2) is 85.1 Å². The fourth-order valence-electron chi connectivity index (χ4n) is 6.46. The Morgan fingerprint density at radius 3 is 2.50 bits per heavy atom. The topological polar surface area (TPSA) is 35.9 Å². The zero-order chi connectivity index (χ0) is 32.2. The van der Waals surface area contributed by atoms with Crippen LogP contribution in [0.4, 0.5) is 0 Å². The number of hydrogen-bond acceptors (Lipinski definition) is 2. The Bertz CT molecular complexity index is 2370. The standard InChI is InChI=1S/C37H32N4OSi.Pt/c1-37(2,3)24-18-19-38-35(20-24)41-29-11-8-7-10-27(29)28-16-14-25(21-31(28)41)42-26-15-17-33-32(22-26)40-23-39(4)30-12-9-13-34(36(30)40)43(33,5)6;/h7-20H,1-6H3;/q-2;/i4D3;. The summed E-state index contributed by atoms with van der Waals surface area (Å²) in [6.07, 6.45) is 4.99. The van der Waals surface area contributed by atoms with Crippen LogP contribution < -0.4 is 19.7 Å². The zero-order valence-corrected chi connectivity index (χ0v) is 28.4. The number of imidazole rings is 1. The molecular formula is C37H32N4OPtSi-2. The fraction of sp³-hybridized carbons (Fsp3) is 0.189. The molecule has 4 heterocycles. The molecule has 7 heteroatoms. The van der Waals surface area contributed by atoms with Crippen LogP contribution in [0.5, 0.6) is 11.5 Å². The molecule has 5 nitrogen and oxygen atoms in total. The second-order valence-corrected chi connectivity index (χ2v) is 17.2. The summed E-state index contributed by atoms with van der Waals surface area (Å²) in [6.45, 7) is 8.81. The summed E-state index contributed by atoms with van der Waals surface area (Å²) >= 11 is 0.